The van der Waals surface area contributed by atoms with Gasteiger partial charge in [0.15, 0.2) is 0 Å². The second-order valence-corrected chi connectivity index (χ2v) is 5.26. The molecule has 1 aromatic rings. The van der Waals surface area contributed by atoms with Crippen molar-refractivity contribution in [3.05, 3.63) is 18.0 Å². The first-order chi connectivity index (χ1) is 7.35. The number of aliphatic hydroxyl groups excluding tert-OH is 1. The van der Waals surface area contributed by atoms with Crippen LogP contribution >= 0.6 is 0 Å². The molecule has 1 rings (SSSR count). The lowest BCUT2D eigenvalue weighted by atomic mass is 10.0. The molecule has 1 atom stereocenters. The van der Waals surface area contributed by atoms with E-state index in [1.165, 1.54) is 0 Å². The number of hydrogen-bond donors (Lipinski definition) is 2. The number of aromatic nitrogens is 2. The molecule has 1 aromatic heterocycles. The molecule has 0 amide bonds. The van der Waals surface area contributed by atoms with Crippen molar-refractivity contribution in [1.29, 1.82) is 0 Å². The van der Waals surface area contributed by atoms with Gasteiger partial charge in [0.1, 0.15) is 0 Å². The fourth-order valence-electron chi connectivity index (χ4n) is 1.57. The maximum atomic E-state index is 9.20. The fraction of sp³-hybridized carbons (Fsp3) is 0.750. The van der Waals surface area contributed by atoms with Gasteiger partial charge in [0.25, 0.3) is 0 Å². The first kappa shape index (κ1) is 13.2. The molecular weight excluding hydrogens is 202 g/mol. The summed E-state index contributed by atoms with van der Waals surface area (Å²) in [4.78, 5) is 0. The number of nitrogens with one attached hydrogen (secondary N) is 1. The second-order valence-electron chi connectivity index (χ2n) is 5.26. The number of hydrogen-bond acceptors (Lipinski definition) is 3. The Morgan fingerprint density at radius 3 is 2.50 bits per heavy atom. The number of nitrogens with zero attached hydrogens (tertiary/aromatic N) is 2. The molecule has 4 heteroatoms. The predicted molar refractivity (Wildman–Crippen MR) is 65.3 cm³/mol. The van der Waals surface area contributed by atoms with E-state index in [4.69, 9.17) is 0 Å². The van der Waals surface area contributed by atoms with E-state index in [9.17, 15) is 5.11 Å². The lowest BCUT2D eigenvalue weighted by Gasteiger charge is -2.27. The summed E-state index contributed by atoms with van der Waals surface area (Å²) in [5.41, 5.74) is 0.884. The molecule has 0 aliphatic carbocycles. The Morgan fingerprint density at radius 1 is 1.44 bits per heavy atom. The van der Waals surface area contributed by atoms with Crippen LogP contribution in [0.3, 0.4) is 0 Å². The molecule has 92 valence electrons. The van der Waals surface area contributed by atoms with Gasteiger partial charge in [-0.05, 0) is 34.6 Å². The van der Waals surface area contributed by atoms with Crippen LogP contribution < -0.4 is 5.32 Å². The van der Waals surface area contributed by atoms with Crippen molar-refractivity contribution in [3.63, 3.8) is 0 Å². The van der Waals surface area contributed by atoms with E-state index in [0.717, 1.165) is 5.56 Å². The fourth-order valence-corrected chi connectivity index (χ4v) is 1.57. The lowest BCUT2D eigenvalue weighted by Crippen LogP contribution is -2.43. The van der Waals surface area contributed by atoms with Crippen LogP contribution in [-0.2, 0) is 0 Å². The summed E-state index contributed by atoms with van der Waals surface area (Å²) in [6.07, 6.45) is 3.93. The molecule has 0 radical (unpaired) electrons. The van der Waals surface area contributed by atoms with E-state index in [1.54, 1.807) is 0 Å². The van der Waals surface area contributed by atoms with Gasteiger partial charge in [-0.2, -0.15) is 5.10 Å². The van der Waals surface area contributed by atoms with Gasteiger partial charge in [-0.3, -0.25) is 4.68 Å². The molecule has 0 spiro atoms. The van der Waals surface area contributed by atoms with Crippen LogP contribution in [-0.4, -0.2) is 27.0 Å². The van der Waals surface area contributed by atoms with E-state index in [0.29, 0.717) is 6.04 Å². The standard InChI is InChI=1S/C12H23N3O/c1-9(2)15-7-11(6-13-15)10(3)14-12(4,5)8-16/h6-7,9-10,14,16H,8H2,1-5H3. The Morgan fingerprint density at radius 2 is 2.06 bits per heavy atom. The smallest absolute Gasteiger partial charge is 0.0608 e. The number of rotatable bonds is 5. The topological polar surface area (TPSA) is 50.1 Å². The average Bonchev–Trinajstić information content (AvgIpc) is 2.66. The minimum atomic E-state index is -0.265. The van der Waals surface area contributed by atoms with Crippen LogP contribution in [0.2, 0.25) is 0 Å². The quantitative estimate of drug-likeness (QED) is 0.804. The van der Waals surface area contributed by atoms with Gasteiger partial charge in [0, 0.05) is 29.4 Å². The summed E-state index contributed by atoms with van der Waals surface area (Å²) in [7, 11) is 0. The van der Waals surface area contributed by atoms with Crippen LogP contribution in [0.15, 0.2) is 12.4 Å². The van der Waals surface area contributed by atoms with Crippen LogP contribution in [0, 0.1) is 0 Å². The van der Waals surface area contributed by atoms with Crippen LogP contribution in [0.1, 0.15) is 52.3 Å². The molecule has 1 heterocycles. The van der Waals surface area contributed by atoms with Gasteiger partial charge in [0.2, 0.25) is 0 Å². The number of aliphatic hydroxyl groups is 1. The summed E-state index contributed by atoms with van der Waals surface area (Å²) < 4.78 is 1.94. The van der Waals surface area contributed by atoms with Crippen LogP contribution in [0.4, 0.5) is 0 Å². The van der Waals surface area contributed by atoms with Gasteiger partial charge < -0.3 is 10.4 Å². The maximum Gasteiger partial charge on any atom is 0.0608 e. The Balaban J connectivity index is 2.69. The maximum absolute atomic E-state index is 9.20. The van der Waals surface area contributed by atoms with E-state index < -0.39 is 0 Å². The van der Waals surface area contributed by atoms with E-state index in [1.807, 2.05) is 24.7 Å². The molecule has 0 aliphatic heterocycles. The molecule has 0 saturated heterocycles. The van der Waals surface area contributed by atoms with E-state index in [2.05, 4.69) is 37.4 Å². The van der Waals surface area contributed by atoms with Crippen molar-refractivity contribution in [2.45, 2.75) is 52.2 Å². The first-order valence-electron chi connectivity index (χ1n) is 5.78. The average molecular weight is 225 g/mol. The Kier molecular flexibility index (Phi) is 4.10. The largest absolute Gasteiger partial charge is 0.394 e. The molecule has 0 aromatic carbocycles. The summed E-state index contributed by atoms with van der Waals surface area (Å²) in [6.45, 7) is 10.4. The second kappa shape index (κ2) is 4.97. The Labute approximate surface area is 97.7 Å². The minimum absolute atomic E-state index is 0.121. The third-order valence-electron chi connectivity index (χ3n) is 2.65. The lowest BCUT2D eigenvalue weighted by molar-refractivity contribution is 0.178. The zero-order valence-corrected chi connectivity index (χ0v) is 10.9. The molecule has 4 nitrogen and oxygen atoms in total. The van der Waals surface area contributed by atoms with Gasteiger partial charge in [-0.1, -0.05) is 0 Å². The third-order valence-corrected chi connectivity index (χ3v) is 2.65. The predicted octanol–water partition coefficient (Wildman–Crippen LogP) is 1.89. The van der Waals surface area contributed by atoms with Crippen molar-refractivity contribution in [1.82, 2.24) is 15.1 Å². The normalized spacial score (nSPS) is 14.4. The monoisotopic (exact) mass is 225 g/mol. The van der Waals surface area contributed by atoms with Crippen LogP contribution in [0.5, 0.6) is 0 Å². The highest BCUT2D eigenvalue weighted by atomic mass is 16.3. The summed E-state index contributed by atoms with van der Waals surface area (Å²) in [5, 5.41) is 16.9. The summed E-state index contributed by atoms with van der Waals surface area (Å²) >= 11 is 0. The molecule has 0 bridgehead atoms. The zero-order chi connectivity index (χ0) is 12.3. The van der Waals surface area contributed by atoms with E-state index in [-0.39, 0.29) is 18.2 Å². The highest BCUT2D eigenvalue weighted by molar-refractivity contribution is 5.10. The Hall–Kier alpha value is -0.870. The summed E-state index contributed by atoms with van der Waals surface area (Å²) in [5.74, 6) is 0. The molecular formula is C12H23N3O. The zero-order valence-electron chi connectivity index (χ0n) is 10.9. The molecule has 2 N–H and O–H groups in total. The summed E-state index contributed by atoms with van der Waals surface area (Å²) in [6, 6.07) is 0.571. The van der Waals surface area contributed by atoms with Crippen molar-refractivity contribution in [2.24, 2.45) is 0 Å². The van der Waals surface area contributed by atoms with Gasteiger partial charge >= 0.3 is 0 Å². The SMILES string of the molecule is CC(NC(C)(C)CO)c1cnn(C(C)C)c1. The molecule has 0 aliphatic rings. The van der Waals surface area contributed by atoms with Gasteiger partial charge in [0.05, 0.1) is 12.8 Å². The molecule has 16 heavy (non-hydrogen) atoms. The first-order valence-corrected chi connectivity index (χ1v) is 5.78. The van der Waals surface area contributed by atoms with Crippen molar-refractivity contribution in [2.75, 3.05) is 6.61 Å². The highest BCUT2D eigenvalue weighted by Crippen LogP contribution is 2.16. The molecule has 0 fully saturated rings. The highest BCUT2D eigenvalue weighted by Gasteiger charge is 2.20. The van der Waals surface area contributed by atoms with Crippen molar-refractivity contribution in [3.8, 4) is 0 Å². The third kappa shape index (κ3) is 3.32. The Bertz CT molecular complexity index is 331. The van der Waals surface area contributed by atoms with E-state index >= 15 is 0 Å². The van der Waals surface area contributed by atoms with Crippen molar-refractivity contribution < 1.29 is 5.11 Å². The van der Waals surface area contributed by atoms with Gasteiger partial charge in [-0.25, -0.2) is 0 Å². The van der Waals surface area contributed by atoms with Crippen LogP contribution in [0.25, 0.3) is 0 Å². The molecule has 1 unspecified atom stereocenters. The van der Waals surface area contributed by atoms with Crippen molar-refractivity contribution >= 4 is 0 Å². The van der Waals surface area contributed by atoms with Gasteiger partial charge in [-0.15, -0.1) is 0 Å². The minimum Gasteiger partial charge on any atom is -0.394 e. The molecule has 0 saturated carbocycles.